The molecule has 0 aromatic carbocycles. The van der Waals surface area contributed by atoms with Crippen LogP contribution in [0.5, 0.6) is 0 Å². The first-order chi connectivity index (χ1) is 31.4. The van der Waals surface area contributed by atoms with Crippen LogP contribution in [0.4, 0.5) is 0 Å². The SMILES string of the molecule is C[C@H]1[C@H](C)CC[C@]2(C(=O)O[C@@H]3O[C@H](CO)[C@@H](O)[C@H](O)[C@@H]3O)CC[C@]3(C(=O)O)C(=CC[C@H]4[C@@]5(C)CC[C@H](O[C@@H]6O[C@H](C)[C@H](O[C@H]7O[C@@H](CO)[C@H](O)[C@@H](O)[C@@H]7O)[C@@H](O)[C@H]6O)C(C)(C)[C@@H]5CC[C@]43C)[C@H]12. The molecule has 5 aliphatic carbocycles. The molecule has 0 radical (unpaired) electrons. The zero-order valence-electron chi connectivity index (χ0n) is 39.7. The minimum Gasteiger partial charge on any atom is -0.481 e. The van der Waals surface area contributed by atoms with E-state index in [9.17, 15) is 65.8 Å². The molecule has 8 rings (SSSR count). The van der Waals surface area contributed by atoms with E-state index in [2.05, 4.69) is 47.6 Å². The Morgan fingerprint density at radius 3 is 1.85 bits per heavy atom. The van der Waals surface area contributed by atoms with Gasteiger partial charge in [-0.15, -0.1) is 0 Å². The molecule has 67 heavy (non-hydrogen) atoms. The van der Waals surface area contributed by atoms with Gasteiger partial charge in [0.25, 0.3) is 0 Å². The summed E-state index contributed by atoms with van der Waals surface area (Å²) >= 11 is 0. The van der Waals surface area contributed by atoms with Crippen LogP contribution in [0.2, 0.25) is 0 Å². The lowest BCUT2D eigenvalue weighted by Crippen LogP contribution is -2.68. The van der Waals surface area contributed by atoms with Crippen LogP contribution in [0.3, 0.4) is 0 Å². The molecule has 0 unspecified atom stereocenters. The number of carboxylic acids is 1. The molecule has 4 saturated carbocycles. The van der Waals surface area contributed by atoms with Crippen molar-refractivity contribution < 1.29 is 94.2 Å². The Kier molecular flexibility index (Phi) is 14.0. The normalized spacial score (nSPS) is 54.0. The van der Waals surface area contributed by atoms with Crippen LogP contribution in [-0.2, 0) is 38.0 Å². The maximum atomic E-state index is 14.7. The van der Waals surface area contributed by atoms with Crippen LogP contribution in [0.25, 0.3) is 0 Å². The van der Waals surface area contributed by atoms with Gasteiger partial charge in [0.1, 0.15) is 67.1 Å². The Bertz CT molecular complexity index is 1860. The molecule has 19 heteroatoms. The lowest BCUT2D eigenvalue weighted by atomic mass is 9.33. The van der Waals surface area contributed by atoms with Crippen molar-refractivity contribution >= 4 is 11.9 Å². The maximum absolute atomic E-state index is 14.7. The van der Waals surface area contributed by atoms with E-state index in [0.29, 0.717) is 44.9 Å². The first-order valence-electron chi connectivity index (χ1n) is 24.5. The van der Waals surface area contributed by atoms with Gasteiger partial charge < -0.3 is 84.6 Å². The number of allylic oxidation sites excluding steroid dienone is 1. The van der Waals surface area contributed by atoms with Gasteiger partial charge in [0.15, 0.2) is 12.6 Å². The van der Waals surface area contributed by atoms with E-state index in [1.165, 1.54) is 0 Å². The van der Waals surface area contributed by atoms with E-state index in [4.69, 9.17) is 28.4 Å². The number of hydrogen-bond donors (Lipinski definition) is 11. The molecule has 3 heterocycles. The standard InChI is InChI=1S/C48H76O19/c1-20-10-15-47(43(61)67-41-36(57)33(54)31(52)25(19-50)64-41)16-17-48(42(59)60)23(29(47)21(20)2)8-9-27-45(6)13-12-28(44(4,5)26(45)11-14-46(27,48)7)65-39-37(58)34(55)38(22(3)62-39)66-40-35(56)32(53)30(51)24(18-49)63-40/h8,20-22,24-41,49-58H,9-19H2,1-7H3,(H,59,60)/t20-,21+,22-,24+,25-,26+,27+,28+,29+,30+,31-,32-,33+,34+,35+,36+,37-,38+,39+,40-,41+,45+,46-,47+,48-/m1/s1. The van der Waals surface area contributed by atoms with Crippen LogP contribution in [-0.4, -0.2) is 180 Å². The van der Waals surface area contributed by atoms with Gasteiger partial charge >= 0.3 is 11.9 Å². The maximum Gasteiger partial charge on any atom is 0.315 e. The zero-order valence-corrected chi connectivity index (χ0v) is 39.7. The number of aliphatic carboxylic acids is 1. The topological polar surface area (TPSA) is 312 Å². The summed E-state index contributed by atoms with van der Waals surface area (Å²) in [5.74, 6) is -2.10. The fraction of sp³-hybridized carbons (Fsp3) is 0.917. The average molecular weight is 957 g/mol. The minimum atomic E-state index is -1.78. The average Bonchev–Trinajstić information content (AvgIpc) is 3.28. The molecule has 0 bridgehead atoms. The van der Waals surface area contributed by atoms with Crippen molar-refractivity contribution in [3.8, 4) is 0 Å². The number of aliphatic hydroxyl groups excluding tert-OH is 10. The van der Waals surface area contributed by atoms with Crippen molar-refractivity contribution in [2.75, 3.05) is 13.2 Å². The minimum absolute atomic E-state index is 0.0350. The summed E-state index contributed by atoms with van der Waals surface area (Å²) in [6.07, 6.45) is -16.3. The van der Waals surface area contributed by atoms with Gasteiger partial charge in [0.05, 0.1) is 36.3 Å². The molecule has 25 atom stereocenters. The highest BCUT2D eigenvalue weighted by molar-refractivity contribution is 5.85. The number of hydrogen-bond acceptors (Lipinski definition) is 18. The largest absolute Gasteiger partial charge is 0.481 e. The third-order valence-corrected chi connectivity index (χ3v) is 19.4. The van der Waals surface area contributed by atoms with E-state index in [1.54, 1.807) is 6.92 Å². The fourth-order valence-electron chi connectivity index (χ4n) is 15.4. The van der Waals surface area contributed by atoms with Gasteiger partial charge in [-0.3, -0.25) is 9.59 Å². The Morgan fingerprint density at radius 1 is 0.657 bits per heavy atom. The monoisotopic (exact) mass is 956 g/mol. The number of carbonyl (C=O) groups excluding carboxylic acids is 1. The van der Waals surface area contributed by atoms with Crippen molar-refractivity contribution in [1.29, 1.82) is 0 Å². The molecule has 3 saturated heterocycles. The molecule has 19 nitrogen and oxygen atoms in total. The molecule has 8 aliphatic rings. The summed E-state index contributed by atoms with van der Waals surface area (Å²) in [6.45, 7) is 13.1. The molecular weight excluding hydrogens is 881 g/mol. The van der Waals surface area contributed by atoms with Gasteiger partial charge in [-0.25, -0.2) is 0 Å². The van der Waals surface area contributed by atoms with E-state index >= 15 is 0 Å². The Hall–Kier alpha value is -1.92. The summed E-state index contributed by atoms with van der Waals surface area (Å²) in [5, 5.41) is 117. The second-order valence-electron chi connectivity index (χ2n) is 22.8. The number of carboxylic acid groups (broad SMARTS) is 1. The van der Waals surface area contributed by atoms with Crippen LogP contribution >= 0.6 is 0 Å². The Morgan fingerprint density at radius 2 is 1.24 bits per heavy atom. The van der Waals surface area contributed by atoms with Gasteiger partial charge in [-0.05, 0) is 111 Å². The van der Waals surface area contributed by atoms with Crippen molar-refractivity contribution in [2.45, 2.75) is 204 Å². The van der Waals surface area contributed by atoms with Gasteiger partial charge in [-0.2, -0.15) is 0 Å². The molecule has 0 amide bonds. The van der Waals surface area contributed by atoms with E-state index in [0.717, 1.165) is 5.57 Å². The molecular formula is C48H76O19. The van der Waals surface area contributed by atoms with Crippen LogP contribution in [0.1, 0.15) is 106 Å². The predicted molar refractivity (Wildman–Crippen MR) is 231 cm³/mol. The summed E-state index contributed by atoms with van der Waals surface area (Å²) in [4.78, 5) is 29.1. The lowest BCUT2D eigenvalue weighted by molar-refractivity contribution is -0.364. The number of rotatable bonds is 9. The number of carbonyl (C=O) groups is 2. The second-order valence-corrected chi connectivity index (χ2v) is 22.8. The third kappa shape index (κ3) is 7.70. The van der Waals surface area contributed by atoms with Crippen molar-refractivity contribution in [3.05, 3.63) is 11.6 Å². The summed E-state index contributed by atoms with van der Waals surface area (Å²) in [7, 11) is 0. The summed E-state index contributed by atoms with van der Waals surface area (Å²) in [5.41, 5.74) is -3.35. The smallest absolute Gasteiger partial charge is 0.315 e. The van der Waals surface area contributed by atoms with E-state index in [-0.39, 0.29) is 41.9 Å². The molecule has 0 aromatic heterocycles. The second kappa shape index (κ2) is 18.3. The number of esters is 1. The molecule has 11 N–H and O–H groups in total. The van der Waals surface area contributed by atoms with E-state index in [1.807, 2.05) is 0 Å². The molecule has 0 aromatic rings. The van der Waals surface area contributed by atoms with Gasteiger partial charge in [-0.1, -0.05) is 53.2 Å². The highest BCUT2D eigenvalue weighted by Gasteiger charge is 2.74. The highest BCUT2D eigenvalue weighted by Crippen LogP contribution is 2.76. The first kappa shape index (κ1) is 51.4. The zero-order chi connectivity index (χ0) is 49.1. The quantitative estimate of drug-likeness (QED) is 0.0829. The van der Waals surface area contributed by atoms with Crippen LogP contribution in [0, 0.1) is 56.7 Å². The predicted octanol–water partition coefficient (Wildman–Crippen LogP) is 0.0887. The first-order valence-corrected chi connectivity index (χ1v) is 24.5. The molecule has 7 fully saturated rings. The number of fused-ring (bicyclic) bond motifs is 7. The Balaban J connectivity index is 1.03. The summed E-state index contributed by atoms with van der Waals surface area (Å²) < 4.78 is 35.6. The van der Waals surface area contributed by atoms with Crippen molar-refractivity contribution in [2.24, 2.45) is 56.7 Å². The highest BCUT2D eigenvalue weighted by atomic mass is 16.7. The molecule has 3 aliphatic heterocycles. The summed E-state index contributed by atoms with van der Waals surface area (Å²) in [6, 6.07) is 0. The van der Waals surface area contributed by atoms with Crippen molar-refractivity contribution in [1.82, 2.24) is 0 Å². The lowest BCUT2D eigenvalue weighted by Gasteiger charge is -2.70. The molecule has 382 valence electrons. The Labute approximate surface area is 391 Å². The van der Waals surface area contributed by atoms with Gasteiger partial charge in [0, 0.05) is 0 Å². The number of aliphatic hydroxyl groups is 10. The van der Waals surface area contributed by atoms with Gasteiger partial charge in [0.2, 0.25) is 6.29 Å². The van der Waals surface area contributed by atoms with Crippen LogP contribution in [0.15, 0.2) is 11.6 Å². The third-order valence-electron chi connectivity index (χ3n) is 19.4. The fourth-order valence-corrected chi connectivity index (χ4v) is 15.4. The van der Waals surface area contributed by atoms with Crippen LogP contribution < -0.4 is 0 Å². The molecule has 0 spiro atoms. The van der Waals surface area contributed by atoms with Crippen molar-refractivity contribution in [3.63, 3.8) is 0 Å². The number of ether oxygens (including phenoxy) is 6. The van der Waals surface area contributed by atoms with E-state index < -0.39 is 151 Å².